The van der Waals surface area contributed by atoms with Crippen molar-refractivity contribution in [1.29, 1.82) is 0 Å². The minimum Gasteiger partial charge on any atom is -0.349 e. The first-order valence-electron chi connectivity index (χ1n) is 8.37. The number of carbonyl (C=O) groups excluding carboxylic acids is 1. The molecule has 1 aliphatic carbocycles. The molecule has 3 rings (SSSR count). The van der Waals surface area contributed by atoms with Crippen LogP contribution in [0.1, 0.15) is 61.6 Å². The summed E-state index contributed by atoms with van der Waals surface area (Å²) in [7, 11) is 0. The normalized spacial score (nSPS) is 20.0. The number of aryl methyl sites for hydroxylation is 1. The van der Waals surface area contributed by atoms with Crippen LogP contribution in [0.2, 0.25) is 0 Å². The molecular weight excluding hydrogens is 361 g/mol. The first kappa shape index (κ1) is 21.7. The fourth-order valence-corrected chi connectivity index (χ4v) is 3.24. The number of fused-ring (bicyclic) bond motifs is 1. The predicted molar refractivity (Wildman–Crippen MR) is 105 cm³/mol. The summed E-state index contributed by atoms with van der Waals surface area (Å²) < 4.78 is 1.86. The van der Waals surface area contributed by atoms with E-state index in [1.165, 1.54) is 0 Å². The lowest BCUT2D eigenvalue weighted by Gasteiger charge is -2.26. The van der Waals surface area contributed by atoms with Gasteiger partial charge in [-0.15, -0.1) is 24.8 Å². The van der Waals surface area contributed by atoms with Crippen molar-refractivity contribution in [3.05, 3.63) is 23.5 Å². The Morgan fingerprint density at radius 2 is 1.92 bits per heavy atom. The first-order chi connectivity index (χ1) is 11.0. The van der Waals surface area contributed by atoms with Crippen LogP contribution in [0.15, 0.2) is 12.3 Å². The molecule has 0 saturated heterocycles. The lowest BCUT2D eigenvalue weighted by Crippen LogP contribution is -2.40. The molecule has 6 nitrogen and oxygen atoms in total. The van der Waals surface area contributed by atoms with Gasteiger partial charge in [-0.1, -0.05) is 0 Å². The smallest absolute Gasteiger partial charge is 0.252 e. The topological polar surface area (TPSA) is 85.8 Å². The number of carbonyl (C=O) groups is 1. The molecule has 0 atom stereocenters. The Bertz CT molecular complexity index is 723. The summed E-state index contributed by atoms with van der Waals surface area (Å²) in [5, 5.41) is 8.36. The number of nitrogens with zero attached hydrogens (tertiary/aromatic N) is 3. The van der Waals surface area contributed by atoms with Crippen LogP contribution in [-0.2, 0) is 0 Å². The van der Waals surface area contributed by atoms with Crippen LogP contribution in [-0.4, -0.2) is 32.8 Å². The highest BCUT2D eigenvalue weighted by Crippen LogP contribution is 2.22. The van der Waals surface area contributed by atoms with Gasteiger partial charge >= 0.3 is 0 Å². The average molecular weight is 388 g/mol. The van der Waals surface area contributed by atoms with Gasteiger partial charge in [-0.05, 0) is 52.5 Å². The molecule has 0 radical (unpaired) electrons. The van der Waals surface area contributed by atoms with Crippen molar-refractivity contribution in [3.63, 3.8) is 0 Å². The van der Waals surface area contributed by atoms with Gasteiger partial charge in [0.2, 0.25) is 0 Å². The zero-order valence-corrected chi connectivity index (χ0v) is 16.5. The van der Waals surface area contributed by atoms with E-state index in [0.717, 1.165) is 42.4 Å². The Morgan fingerprint density at radius 1 is 1.28 bits per heavy atom. The number of halogens is 2. The fourth-order valence-electron chi connectivity index (χ4n) is 3.24. The molecule has 1 fully saturated rings. The van der Waals surface area contributed by atoms with Crippen LogP contribution in [0.5, 0.6) is 0 Å². The van der Waals surface area contributed by atoms with E-state index in [2.05, 4.69) is 29.2 Å². The molecule has 1 amide bonds. The van der Waals surface area contributed by atoms with Crippen LogP contribution in [0.3, 0.4) is 0 Å². The third-order valence-corrected chi connectivity index (χ3v) is 4.54. The quantitative estimate of drug-likeness (QED) is 0.846. The van der Waals surface area contributed by atoms with Crippen LogP contribution in [0.25, 0.3) is 11.0 Å². The zero-order valence-electron chi connectivity index (χ0n) is 14.9. The number of amides is 1. The van der Waals surface area contributed by atoms with Crippen molar-refractivity contribution in [3.8, 4) is 0 Å². The van der Waals surface area contributed by atoms with E-state index in [0.29, 0.717) is 5.56 Å². The van der Waals surface area contributed by atoms with Gasteiger partial charge in [0.15, 0.2) is 5.65 Å². The third kappa shape index (κ3) is 4.63. The summed E-state index contributed by atoms with van der Waals surface area (Å²) in [6.45, 7) is 6.02. The molecule has 2 aromatic heterocycles. The minimum atomic E-state index is -0.0377. The SMILES string of the molecule is Cc1cc(C(=O)NC2CCC(N)CC2)c2cnn(C(C)C)c2n1.Cl.Cl. The maximum absolute atomic E-state index is 12.7. The highest BCUT2D eigenvalue weighted by atomic mass is 35.5. The number of hydrogen-bond acceptors (Lipinski definition) is 4. The van der Waals surface area contributed by atoms with E-state index in [1.807, 2.05) is 17.7 Å². The van der Waals surface area contributed by atoms with Gasteiger partial charge < -0.3 is 11.1 Å². The van der Waals surface area contributed by atoms with Crippen molar-refractivity contribution in [1.82, 2.24) is 20.1 Å². The second-order valence-electron chi connectivity index (χ2n) is 6.82. The van der Waals surface area contributed by atoms with Gasteiger partial charge in [-0.25, -0.2) is 9.67 Å². The minimum absolute atomic E-state index is 0. The van der Waals surface area contributed by atoms with E-state index in [9.17, 15) is 4.79 Å². The monoisotopic (exact) mass is 387 g/mol. The standard InChI is InChI=1S/C17H25N5O.2ClH/c1-10(2)22-16-15(9-19-22)14(8-11(3)20-16)17(23)21-13-6-4-12(18)5-7-13;;/h8-10,12-13H,4-7,18H2,1-3H3,(H,21,23);2*1H. The molecule has 1 aliphatic rings. The second-order valence-corrected chi connectivity index (χ2v) is 6.82. The molecule has 2 aromatic rings. The van der Waals surface area contributed by atoms with Crippen molar-refractivity contribution in [2.75, 3.05) is 0 Å². The number of pyridine rings is 1. The molecule has 0 spiro atoms. The van der Waals surface area contributed by atoms with Crippen LogP contribution in [0, 0.1) is 6.92 Å². The Morgan fingerprint density at radius 3 is 2.52 bits per heavy atom. The van der Waals surface area contributed by atoms with E-state index >= 15 is 0 Å². The number of nitrogens with two attached hydrogens (primary N) is 1. The Balaban J connectivity index is 0.00000156. The summed E-state index contributed by atoms with van der Waals surface area (Å²) >= 11 is 0. The molecule has 0 unspecified atom stereocenters. The highest BCUT2D eigenvalue weighted by molar-refractivity contribution is 6.05. The van der Waals surface area contributed by atoms with Crippen molar-refractivity contribution in [2.45, 2.75) is 64.6 Å². The molecule has 1 saturated carbocycles. The van der Waals surface area contributed by atoms with Gasteiger partial charge in [0.25, 0.3) is 5.91 Å². The summed E-state index contributed by atoms with van der Waals surface area (Å²) in [5.74, 6) is -0.0377. The lowest BCUT2D eigenvalue weighted by molar-refractivity contribution is 0.0927. The van der Waals surface area contributed by atoms with E-state index in [-0.39, 0.29) is 48.8 Å². The van der Waals surface area contributed by atoms with Crippen LogP contribution >= 0.6 is 24.8 Å². The molecule has 0 bridgehead atoms. The van der Waals surface area contributed by atoms with Crippen LogP contribution in [0.4, 0.5) is 0 Å². The second kappa shape index (κ2) is 8.83. The molecule has 2 heterocycles. The predicted octanol–water partition coefficient (Wildman–Crippen LogP) is 3.16. The maximum Gasteiger partial charge on any atom is 0.252 e. The molecule has 0 aromatic carbocycles. The van der Waals surface area contributed by atoms with Gasteiger partial charge in [-0.3, -0.25) is 4.79 Å². The molecular formula is C17H27Cl2N5O. The first-order valence-corrected chi connectivity index (χ1v) is 8.37. The van der Waals surface area contributed by atoms with Gasteiger partial charge in [0, 0.05) is 23.8 Å². The zero-order chi connectivity index (χ0) is 16.6. The summed E-state index contributed by atoms with van der Waals surface area (Å²) in [6, 6.07) is 2.55. The Kier molecular flexibility index (Phi) is 7.65. The molecule has 3 N–H and O–H groups in total. The van der Waals surface area contributed by atoms with Crippen molar-refractivity contribution in [2.24, 2.45) is 5.73 Å². The van der Waals surface area contributed by atoms with Crippen molar-refractivity contribution < 1.29 is 4.79 Å². The van der Waals surface area contributed by atoms with Gasteiger partial charge in [0.05, 0.1) is 17.1 Å². The number of rotatable bonds is 3. The largest absolute Gasteiger partial charge is 0.349 e. The Labute approximate surface area is 160 Å². The Hall–Kier alpha value is -1.37. The summed E-state index contributed by atoms with van der Waals surface area (Å²) in [6.07, 6.45) is 5.59. The number of hydrogen-bond donors (Lipinski definition) is 2. The molecule has 140 valence electrons. The summed E-state index contributed by atoms with van der Waals surface area (Å²) in [4.78, 5) is 17.3. The summed E-state index contributed by atoms with van der Waals surface area (Å²) in [5.41, 5.74) is 8.20. The van der Waals surface area contributed by atoms with Crippen LogP contribution < -0.4 is 11.1 Å². The molecule has 25 heavy (non-hydrogen) atoms. The van der Waals surface area contributed by atoms with E-state index in [1.54, 1.807) is 6.20 Å². The van der Waals surface area contributed by atoms with Gasteiger partial charge in [-0.2, -0.15) is 5.10 Å². The number of nitrogens with one attached hydrogen (secondary N) is 1. The van der Waals surface area contributed by atoms with E-state index < -0.39 is 0 Å². The average Bonchev–Trinajstić information content (AvgIpc) is 2.92. The molecule has 0 aliphatic heterocycles. The number of aromatic nitrogens is 3. The maximum atomic E-state index is 12.7. The lowest BCUT2D eigenvalue weighted by atomic mass is 9.91. The fraction of sp³-hybridized carbons (Fsp3) is 0.588. The van der Waals surface area contributed by atoms with E-state index in [4.69, 9.17) is 5.73 Å². The van der Waals surface area contributed by atoms with Gasteiger partial charge in [0.1, 0.15) is 0 Å². The third-order valence-electron chi connectivity index (χ3n) is 4.54. The molecule has 8 heteroatoms. The highest BCUT2D eigenvalue weighted by Gasteiger charge is 2.22. The van der Waals surface area contributed by atoms with Crippen molar-refractivity contribution >= 4 is 41.8 Å².